The standard InChI is InChI=1S/C22H18N2O/c1-2-24-20-11-7-6-10-17(20)18-14-15-23-19(22(18)24)12-13-21(25)16-8-4-3-5-9-16/h3-15H,2H2,1H3/b13-12+. The van der Waals surface area contributed by atoms with E-state index >= 15 is 0 Å². The Balaban J connectivity index is 1.85. The molecule has 0 aliphatic heterocycles. The van der Waals surface area contributed by atoms with Crippen molar-refractivity contribution in [1.82, 2.24) is 9.55 Å². The van der Waals surface area contributed by atoms with Gasteiger partial charge in [0.25, 0.3) is 0 Å². The molecule has 2 aromatic heterocycles. The molecule has 122 valence electrons. The summed E-state index contributed by atoms with van der Waals surface area (Å²) in [6.07, 6.45) is 5.24. The van der Waals surface area contributed by atoms with Crippen molar-refractivity contribution >= 4 is 33.7 Å². The van der Waals surface area contributed by atoms with E-state index in [1.807, 2.05) is 42.5 Å². The molecule has 0 N–H and O–H groups in total. The minimum atomic E-state index is -0.0152. The van der Waals surface area contributed by atoms with Gasteiger partial charge in [0, 0.05) is 34.6 Å². The maximum absolute atomic E-state index is 12.4. The highest BCUT2D eigenvalue weighted by molar-refractivity contribution is 6.11. The lowest BCUT2D eigenvalue weighted by Gasteiger charge is -2.05. The summed E-state index contributed by atoms with van der Waals surface area (Å²) in [6, 6.07) is 19.7. The van der Waals surface area contributed by atoms with E-state index in [1.165, 1.54) is 16.3 Å². The number of hydrogen-bond donors (Lipinski definition) is 0. The van der Waals surface area contributed by atoms with Crippen molar-refractivity contribution in [3.8, 4) is 0 Å². The number of para-hydroxylation sites is 1. The molecular formula is C22H18N2O. The second-order valence-electron chi connectivity index (χ2n) is 5.92. The monoisotopic (exact) mass is 326 g/mol. The van der Waals surface area contributed by atoms with Crippen molar-refractivity contribution in [1.29, 1.82) is 0 Å². The Morgan fingerprint density at radius 2 is 1.76 bits per heavy atom. The van der Waals surface area contributed by atoms with Crippen LogP contribution in [0.25, 0.3) is 27.9 Å². The van der Waals surface area contributed by atoms with Gasteiger partial charge < -0.3 is 4.57 Å². The number of aromatic nitrogens is 2. The summed E-state index contributed by atoms with van der Waals surface area (Å²) < 4.78 is 2.25. The van der Waals surface area contributed by atoms with Gasteiger partial charge in [0.15, 0.2) is 5.78 Å². The van der Waals surface area contributed by atoms with Gasteiger partial charge in [-0.05, 0) is 31.2 Å². The number of benzene rings is 2. The van der Waals surface area contributed by atoms with E-state index in [9.17, 15) is 4.79 Å². The number of ketones is 1. The van der Waals surface area contributed by atoms with Crippen LogP contribution in [-0.4, -0.2) is 15.3 Å². The first kappa shape index (κ1) is 15.3. The number of carbonyl (C=O) groups is 1. The minimum Gasteiger partial charge on any atom is -0.339 e. The van der Waals surface area contributed by atoms with Gasteiger partial charge in [-0.2, -0.15) is 0 Å². The second kappa shape index (κ2) is 6.36. The zero-order valence-electron chi connectivity index (χ0n) is 14.0. The summed E-state index contributed by atoms with van der Waals surface area (Å²) in [5.41, 5.74) is 3.77. The summed E-state index contributed by atoms with van der Waals surface area (Å²) in [6.45, 7) is 2.98. The topological polar surface area (TPSA) is 34.9 Å². The zero-order valence-corrected chi connectivity index (χ0v) is 14.0. The predicted molar refractivity (Wildman–Crippen MR) is 103 cm³/mol. The third-order valence-corrected chi connectivity index (χ3v) is 4.47. The molecule has 25 heavy (non-hydrogen) atoms. The van der Waals surface area contributed by atoms with Crippen LogP contribution in [0.4, 0.5) is 0 Å². The third kappa shape index (κ3) is 2.64. The van der Waals surface area contributed by atoms with Crippen LogP contribution >= 0.6 is 0 Å². The number of carbonyl (C=O) groups excluding carboxylic acids is 1. The molecule has 2 heterocycles. The molecule has 0 aliphatic carbocycles. The fourth-order valence-electron chi connectivity index (χ4n) is 3.33. The summed E-state index contributed by atoms with van der Waals surface area (Å²) in [5, 5.41) is 2.38. The zero-order chi connectivity index (χ0) is 17.2. The Labute approximate surface area is 146 Å². The maximum Gasteiger partial charge on any atom is 0.185 e. The van der Waals surface area contributed by atoms with Gasteiger partial charge >= 0.3 is 0 Å². The van der Waals surface area contributed by atoms with Gasteiger partial charge in [-0.25, -0.2) is 0 Å². The number of allylic oxidation sites excluding steroid dienone is 1. The van der Waals surface area contributed by atoms with Crippen LogP contribution in [0.15, 0.2) is 72.9 Å². The average Bonchev–Trinajstić information content (AvgIpc) is 3.01. The van der Waals surface area contributed by atoms with E-state index in [1.54, 1.807) is 12.3 Å². The molecule has 0 fully saturated rings. The maximum atomic E-state index is 12.4. The van der Waals surface area contributed by atoms with Crippen molar-refractivity contribution in [2.45, 2.75) is 13.5 Å². The highest BCUT2D eigenvalue weighted by Gasteiger charge is 2.12. The van der Waals surface area contributed by atoms with Crippen LogP contribution in [0.1, 0.15) is 23.0 Å². The first-order chi connectivity index (χ1) is 12.3. The lowest BCUT2D eigenvalue weighted by atomic mass is 10.1. The highest BCUT2D eigenvalue weighted by atomic mass is 16.1. The molecule has 0 bridgehead atoms. The Bertz CT molecular complexity index is 1090. The number of hydrogen-bond acceptors (Lipinski definition) is 2. The van der Waals surface area contributed by atoms with Crippen molar-refractivity contribution in [2.24, 2.45) is 0 Å². The number of nitrogens with zero attached hydrogens (tertiary/aromatic N) is 2. The van der Waals surface area contributed by atoms with Crippen molar-refractivity contribution in [3.05, 3.63) is 84.2 Å². The lowest BCUT2D eigenvalue weighted by Crippen LogP contribution is -1.97. The number of pyridine rings is 1. The number of aryl methyl sites for hydroxylation is 1. The van der Waals surface area contributed by atoms with Crippen LogP contribution in [0, 0.1) is 0 Å². The Hall–Kier alpha value is -3.20. The number of fused-ring (bicyclic) bond motifs is 3. The first-order valence-electron chi connectivity index (χ1n) is 8.43. The van der Waals surface area contributed by atoms with Crippen LogP contribution in [0.5, 0.6) is 0 Å². The predicted octanol–water partition coefficient (Wildman–Crippen LogP) is 5.11. The van der Waals surface area contributed by atoms with E-state index < -0.39 is 0 Å². The molecule has 0 saturated carbocycles. The fourth-order valence-corrected chi connectivity index (χ4v) is 3.33. The van der Waals surface area contributed by atoms with Gasteiger partial charge in [0.05, 0.1) is 11.2 Å². The van der Waals surface area contributed by atoms with Crippen LogP contribution < -0.4 is 0 Å². The van der Waals surface area contributed by atoms with Gasteiger partial charge in [0.2, 0.25) is 0 Å². The molecule has 0 radical (unpaired) electrons. The second-order valence-corrected chi connectivity index (χ2v) is 5.92. The largest absolute Gasteiger partial charge is 0.339 e. The van der Waals surface area contributed by atoms with Crippen LogP contribution in [0.3, 0.4) is 0 Å². The fraction of sp³-hybridized carbons (Fsp3) is 0.0909. The van der Waals surface area contributed by atoms with E-state index in [0.717, 1.165) is 17.8 Å². The molecule has 2 aromatic carbocycles. The molecule has 3 nitrogen and oxygen atoms in total. The SMILES string of the molecule is CCn1c2ccccc2c2ccnc(/C=C/C(=O)c3ccccc3)c21. The molecule has 0 atom stereocenters. The molecule has 3 heteroatoms. The van der Waals surface area contributed by atoms with E-state index in [0.29, 0.717) is 5.56 Å². The van der Waals surface area contributed by atoms with Crippen molar-refractivity contribution in [3.63, 3.8) is 0 Å². The average molecular weight is 326 g/mol. The van der Waals surface area contributed by atoms with E-state index in [4.69, 9.17) is 0 Å². The molecule has 0 amide bonds. The van der Waals surface area contributed by atoms with E-state index in [-0.39, 0.29) is 5.78 Å². The first-order valence-corrected chi connectivity index (χ1v) is 8.43. The smallest absolute Gasteiger partial charge is 0.185 e. The highest BCUT2D eigenvalue weighted by Crippen LogP contribution is 2.30. The summed E-state index contributed by atoms with van der Waals surface area (Å²) in [4.78, 5) is 16.9. The van der Waals surface area contributed by atoms with Crippen molar-refractivity contribution in [2.75, 3.05) is 0 Å². The summed E-state index contributed by atoms with van der Waals surface area (Å²) >= 11 is 0. The third-order valence-electron chi connectivity index (χ3n) is 4.47. The Kier molecular flexibility index (Phi) is 3.90. The van der Waals surface area contributed by atoms with Gasteiger partial charge in [-0.3, -0.25) is 9.78 Å². The van der Waals surface area contributed by atoms with Gasteiger partial charge in [-0.1, -0.05) is 48.5 Å². The van der Waals surface area contributed by atoms with Crippen molar-refractivity contribution < 1.29 is 4.79 Å². The molecule has 0 spiro atoms. The molecule has 4 aromatic rings. The summed E-state index contributed by atoms with van der Waals surface area (Å²) in [7, 11) is 0. The minimum absolute atomic E-state index is 0.0152. The molecule has 4 rings (SSSR count). The van der Waals surface area contributed by atoms with Crippen LogP contribution in [0.2, 0.25) is 0 Å². The molecular weight excluding hydrogens is 308 g/mol. The lowest BCUT2D eigenvalue weighted by molar-refractivity contribution is 0.104. The Morgan fingerprint density at radius 3 is 2.56 bits per heavy atom. The quantitative estimate of drug-likeness (QED) is 0.386. The van der Waals surface area contributed by atoms with E-state index in [2.05, 4.69) is 40.7 Å². The van der Waals surface area contributed by atoms with Gasteiger partial charge in [0.1, 0.15) is 0 Å². The normalized spacial score (nSPS) is 11.6. The Morgan fingerprint density at radius 1 is 1.00 bits per heavy atom. The molecule has 0 saturated heterocycles. The number of rotatable bonds is 4. The molecule has 0 aliphatic rings. The van der Waals surface area contributed by atoms with Gasteiger partial charge in [-0.15, -0.1) is 0 Å². The van der Waals surface area contributed by atoms with Crippen LogP contribution in [-0.2, 0) is 6.54 Å². The molecule has 0 unspecified atom stereocenters. The summed E-state index contributed by atoms with van der Waals surface area (Å²) in [5.74, 6) is -0.0152.